The van der Waals surface area contributed by atoms with Crippen molar-refractivity contribution in [1.82, 2.24) is 0 Å². The van der Waals surface area contributed by atoms with Gasteiger partial charge in [0.1, 0.15) is 6.04 Å². The molecule has 0 aliphatic carbocycles. The summed E-state index contributed by atoms with van der Waals surface area (Å²) in [5, 5.41) is 17.8. The highest BCUT2D eigenvalue weighted by Crippen LogP contribution is 2.02. The number of benzene rings is 1. The van der Waals surface area contributed by atoms with Crippen LogP contribution < -0.4 is 11.2 Å². The molecule has 1 aromatic carbocycles. The number of methoxy groups -OCH3 is 1. The predicted octanol–water partition coefficient (Wildman–Crippen LogP) is 0.462. The fraction of sp³-hybridized carbons (Fsp3) is 0.500. The van der Waals surface area contributed by atoms with E-state index < -0.39 is 19.1 Å². The Balaban J connectivity index is 0. The third-order valence-electron chi connectivity index (χ3n) is 2.24. The number of carbonyl (C=O) groups is 1. The van der Waals surface area contributed by atoms with Gasteiger partial charge in [-0.05, 0) is 17.4 Å². The van der Waals surface area contributed by atoms with Gasteiger partial charge in [-0.2, -0.15) is 0 Å². The van der Waals surface area contributed by atoms with Crippen LogP contribution in [0.4, 0.5) is 0 Å². The molecule has 0 bridgehead atoms. The van der Waals surface area contributed by atoms with Gasteiger partial charge in [-0.1, -0.05) is 52.0 Å². The van der Waals surface area contributed by atoms with E-state index in [2.05, 4.69) is 4.74 Å². The lowest BCUT2D eigenvalue weighted by molar-refractivity contribution is -0.142. The van der Waals surface area contributed by atoms with Crippen LogP contribution in [0.1, 0.15) is 33.3 Å². The van der Waals surface area contributed by atoms with Crippen LogP contribution in [0.5, 0.6) is 0 Å². The lowest BCUT2D eigenvalue weighted by Crippen LogP contribution is -2.34. The average Bonchev–Trinajstić information content (AvgIpc) is 2.51. The highest BCUT2D eigenvalue weighted by molar-refractivity contribution is 6.58. The van der Waals surface area contributed by atoms with Crippen molar-refractivity contribution in [3.8, 4) is 0 Å². The van der Waals surface area contributed by atoms with Crippen molar-refractivity contribution in [3.63, 3.8) is 0 Å². The molecule has 5 nitrogen and oxygen atoms in total. The molecule has 0 radical (unpaired) electrons. The minimum Gasteiger partial charge on any atom is -0.468 e. The Hall–Kier alpha value is -1.37. The second-order valence-electron chi connectivity index (χ2n) is 3.45. The summed E-state index contributed by atoms with van der Waals surface area (Å²) < 4.78 is 4.50. The molecule has 0 saturated heterocycles. The number of esters is 1. The van der Waals surface area contributed by atoms with E-state index in [9.17, 15) is 4.79 Å². The molecule has 1 aromatic rings. The molecule has 6 heteroatoms. The molecule has 0 amide bonds. The smallest absolute Gasteiger partial charge is 0.468 e. The topological polar surface area (TPSA) is 92.8 Å². The summed E-state index contributed by atoms with van der Waals surface area (Å²) in [5.41, 5.74) is 6.82. The monoisotopic (exact) mass is 283 g/mol. The Morgan fingerprint density at radius 1 is 1.20 bits per heavy atom. The first kappa shape index (κ1) is 20.9. The number of hydrogen-bond acceptors (Lipinski definition) is 5. The van der Waals surface area contributed by atoms with Crippen molar-refractivity contribution in [2.75, 3.05) is 7.11 Å². The second kappa shape index (κ2) is 12.7. The van der Waals surface area contributed by atoms with Crippen molar-refractivity contribution < 1.29 is 19.6 Å². The van der Waals surface area contributed by atoms with Gasteiger partial charge in [-0.25, -0.2) is 0 Å². The third kappa shape index (κ3) is 7.94. The van der Waals surface area contributed by atoms with E-state index >= 15 is 0 Å². The summed E-state index contributed by atoms with van der Waals surface area (Å²) in [5.74, 6) is -0.466. The molecule has 0 fully saturated rings. The second-order valence-corrected chi connectivity index (χ2v) is 3.45. The Bertz CT molecular complexity index is 355. The number of hydrogen-bond donors (Lipinski definition) is 3. The molecule has 0 aromatic heterocycles. The minimum absolute atomic E-state index is 0.356. The molecule has 0 aliphatic heterocycles. The summed E-state index contributed by atoms with van der Waals surface area (Å²) in [4.78, 5) is 11.1. The van der Waals surface area contributed by atoms with Crippen LogP contribution in [0.2, 0.25) is 0 Å². The van der Waals surface area contributed by atoms with Gasteiger partial charge in [-0.15, -0.1) is 0 Å². The van der Waals surface area contributed by atoms with E-state index in [0.29, 0.717) is 11.9 Å². The summed E-state index contributed by atoms with van der Waals surface area (Å²) >= 11 is 0. The molecular weight excluding hydrogens is 257 g/mol. The number of ether oxygens (including phenoxy) is 1. The van der Waals surface area contributed by atoms with Crippen LogP contribution >= 0.6 is 0 Å². The summed E-state index contributed by atoms with van der Waals surface area (Å²) in [6.45, 7) is 8.00. The van der Waals surface area contributed by atoms with E-state index in [4.69, 9.17) is 15.8 Å². The van der Waals surface area contributed by atoms with Gasteiger partial charge in [0.05, 0.1) is 7.11 Å². The van der Waals surface area contributed by atoms with Gasteiger partial charge < -0.3 is 20.5 Å². The molecule has 1 atom stereocenters. The van der Waals surface area contributed by atoms with E-state index in [0.717, 1.165) is 5.56 Å². The Morgan fingerprint density at radius 2 is 1.65 bits per heavy atom. The van der Waals surface area contributed by atoms with E-state index in [1.165, 1.54) is 7.11 Å². The van der Waals surface area contributed by atoms with Crippen LogP contribution in [-0.4, -0.2) is 36.3 Å². The van der Waals surface area contributed by atoms with Crippen LogP contribution in [0.15, 0.2) is 24.3 Å². The standard InChI is InChI=1S/C10H14BNO4.2C2H6/c1-16-10(13)9(12)6-7-2-4-8(5-3-7)11(14)15;2*1-2/h2-5,9,14-15H,6,12H2,1H3;2*1-2H3. The van der Waals surface area contributed by atoms with Gasteiger partial charge >= 0.3 is 13.1 Å². The quantitative estimate of drug-likeness (QED) is 0.551. The van der Waals surface area contributed by atoms with Crippen molar-refractivity contribution in [2.24, 2.45) is 5.73 Å². The number of carbonyl (C=O) groups excluding carboxylic acids is 1. The Labute approximate surface area is 121 Å². The lowest BCUT2D eigenvalue weighted by atomic mass is 9.80. The first-order valence-corrected chi connectivity index (χ1v) is 6.83. The maximum Gasteiger partial charge on any atom is 0.488 e. The molecular formula is C14H26BNO4. The Kier molecular flexibility index (Phi) is 13.3. The van der Waals surface area contributed by atoms with Gasteiger partial charge in [0.25, 0.3) is 0 Å². The first-order chi connectivity index (χ1) is 9.54. The molecule has 1 rings (SSSR count). The Morgan fingerprint density at radius 3 is 2.00 bits per heavy atom. The van der Waals surface area contributed by atoms with Gasteiger partial charge in [0.2, 0.25) is 0 Å². The normalized spacial score (nSPS) is 10.2. The molecule has 0 spiro atoms. The zero-order valence-corrected chi connectivity index (χ0v) is 13.0. The fourth-order valence-electron chi connectivity index (χ4n) is 1.31. The zero-order chi connectivity index (χ0) is 16.1. The molecule has 1 unspecified atom stereocenters. The first-order valence-electron chi connectivity index (χ1n) is 6.83. The van der Waals surface area contributed by atoms with E-state index in [1.807, 2.05) is 27.7 Å². The molecule has 20 heavy (non-hydrogen) atoms. The molecule has 0 saturated carbocycles. The van der Waals surface area contributed by atoms with E-state index in [-0.39, 0.29) is 0 Å². The molecule has 4 N–H and O–H groups in total. The third-order valence-corrected chi connectivity index (χ3v) is 2.24. The highest BCUT2D eigenvalue weighted by Gasteiger charge is 2.15. The molecule has 0 aliphatic rings. The summed E-state index contributed by atoms with van der Waals surface area (Å²) in [6.07, 6.45) is 0.356. The summed E-state index contributed by atoms with van der Waals surface area (Å²) in [6, 6.07) is 5.83. The maximum absolute atomic E-state index is 11.1. The van der Waals surface area contributed by atoms with Crippen LogP contribution in [0.25, 0.3) is 0 Å². The molecule has 0 heterocycles. The van der Waals surface area contributed by atoms with E-state index in [1.54, 1.807) is 24.3 Å². The average molecular weight is 283 g/mol. The lowest BCUT2D eigenvalue weighted by Gasteiger charge is -2.09. The SMILES string of the molecule is CC.CC.COC(=O)C(N)Cc1ccc(B(O)O)cc1. The largest absolute Gasteiger partial charge is 0.488 e. The van der Waals surface area contributed by atoms with Crippen LogP contribution in [0, 0.1) is 0 Å². The van der Waals surface area contributed by atoms with Crippen LogP contribution in [0.3, 0.4) is 0 Å². The van der Waals surface area contributed by atoms with Gasteiger partial charge in [-0.3, -0.25) is 4.79 Å². The van der Waals surface area contributed by atoms with Crippen molar-refractivity contribution in [3.05, 3.63) is 29.8 Å². The van der Waals surface area contributed by atoms with Gasteiger partial charge in [0, 0.05) is 0 Å². The summed E-state index contributed by atoms with van der Waals surface area (Å²) in [7, 11) is -0.198. The minimum atomic E-state index is -1.48. The number of nitrogens with two attached hydrogens (primary N) is 1. The van der Waals surface area contributed by atoms with Crippen molar-refractivity contribution in [2.45, 2.75) is 40.2 Å². The predicted molar refractivity (Wildman–Crippen MR) is 82.7 cm³/mol. The number of rotatable bonds is 4. The fourth-order valence-corrected chi connectivity index (χ4v) is 1.31. The van der Waals surface area contributed by atoms with Gasteiger partial charge in [0.15, 0.2) is 0 Å². The molecule has 114 valence electrons. The van der Waals surface area contributed by atoms with Crippen molar-refractivity contribution >= 4 is 18.6 Å². The van der Waals surface area contributed by atoms with Crippen LogP contribution in [-0.2, 0) is 16.0 Å². The maximum atomic E-state index is 11.1. The van der Waals surface area contributed by atoms with Crippen molar-refractivity contribution in [1.29, 1.82) is 0 Å². The zero-order valence-electron chi connectivity index (χ0n) is 13.0. The highest BCUT2D eigenvalue weighted by atomic mass is 16.5.